The van der Waals surface area contributed by atoms with Crippen molar-refractivity contribution in [3.8, 4) is 0 Å². The summed E-state index contributed by atoms with van der Waals surface area (Å²) < 4.78 is 0. The average molecular weight is 270 g/mol. The highest BCUT2D eigenvalue weighted by molar-refractivity contribution is 6.30. The van der Waals surface area contributed by atoms with E-state index >= 15 is 0 Å². The van der Waals surface area contributed by atoms with Crippen molar-refractivity contribution in [2.24, 2.45) is 0 Å². The lowest BCUT2D eigenvalue weighted by Crippen LogP contribution is -2.36. The number of halogens is 1. The van der Waals surface area contributed by atoms with Crippen molar-refractivity contribution in [2.75, 3.05) is 13.1 Å². The SMILES string of the molecule is CC(C)N(CCCc1ccc(Cl)cc1)CC(=O)O. The van der Waals surface area contributed by atoms with Crippen LogP contribution in [0.5, 0.6) is 0 Å². The van der Waals surface area contributed by atoms with E-state index in [0.29, 0.717) is 0 Å². The van der Waals surface area contributed by atoms with Gasteiger partial charge in [-0.05, 0) is 50.9 Å². The first-order valence-corrected chi connectivity index (χ1v) is 6.57. The summed E-state index contributed by atoms with van der Waals surface area (Å²) in [5, 5.41) is 9.57. The Morgan fingerprint density at radius 1 is 1.33 bits per heavy atom. The normalized spacial score (nSPS) is 11.2. The van der Waals surface area contributed by atoms with Crippen LogP contribution in [-0.4, -0.2) is 35.1 Å². The Labute approximate surface area is 113 Å². The minimum atomic E-state index is -0.768. The molecule has 1 aromatic rings. The van der Waals surface area contributed by atoms with Gasteiger partial charge in [0, 0.05) is 11.1 Å². The van der Waals surface area contributed by atoms with Gasteiger partial charge < -0.3 is 5.11 Å². The highest BCUT2D eigenvalue weighted by atomic mass is 35.5. The van der Waals surface area contributed by atoms with Crippen LogP contribution in [-0.2, 0) is 11.2 Å². The van der Waals surface area contributed by atoms with Crippen molar-refractivity contribution in [3.63, 3.8) is 0 Å². The van der Waals surface area contributed by atoms with E-state index in [1.807, 2.05) is 43.0 Å². The monoisotopic (exact) mass is 269 g/mol. The van der Waals surface area contributed by atoms with E-state index in [2.05, 4.69) is 0 Å². The molecular weight excluding hydrogens is 250 g/mol. The zero-order valence-electron chi connectivity index (χ0n) is 10.9. The summed E-state index contributed by atoms with van der Waals surface area (Å²) in [6, 6.07) is 8.05. The lowest BCUT2D eigenvalue weighted by molar-refractivity contribution is -0.138. The van der Waals surface area contributed by atoms with Gasteiger partial charge in [0.1, 0.15) is 0 Å². The Kier molecular flexibility index (Phi) is 6.16. The Morgan fingerprint density at radius 3 is 2.44 bits per heavy atom. The molecule has 0 radical (unpaired) electrons. The number of carboxylic acid groups (broad SMARTS) is 1. The number of benzene rings is 1. The van der Waals surface area contributed by atoms with Crippen LogP contribution in [0.15, 0.2) is 24.3 Å². The van der Waals surface area contributed by atoms with E-state index in [9.17, 15) is 4.79 Å². The molecule has 0 bridgehead atoms. The molecule has 0 amide bonds. The topological polar surface area (TPSA) is 40.5 Å². The van der Waals surface area contributed by atoms with Crippen LogP contribution in [0.1, 0.15) is 25.8 Å². The maximum atomic E-state index is 10.7. The lowest BCUT2D eigenvalue weighted by Gasteiger charge is -2.24. The first-order valence-electron chi connectivity index (χ1n) is 6.19. The van der Waals surface area contributed by atoms with Crippen molar-refractivity contribution >= 4 is 17.6 Å². The highest BCUT2D eigenvalue weighted by Gasteiger charge is 2.12. The molecule has 0 heterocycles. The van der Waals surface area contributed by atoms with Crippen LogP contribution >= 0.6 is 11.6 Å². The van der Waals surface area contributed by atoms with Crippen LogP contribution in [0.25, 0.3) is 0 Å². The van der Waals surface area contributed by atoms with Crippen LogP contribution in [0.4, 0.5) is 0 Å². The van der Waals surface area contributed by atoms with Gasteiger partial charge in [0.15, 0.2) is 0 Å². The van der Waals surface area contributed by atoms with Crippen LogP contribution in [0.3, 0.4) is 0 Å². The number of aliphatic carboxylic acids is 1. The molecule has 0 spiro atoms. The molecule has 0 aliphatic heterocycles. The molecule has 18 heavy (non-hydrogen) atoms. The smallest absolute Gasteiger partial charge is 0.317 e. The van der Waals surface area contributed by atoms with Crippen molar-refractivity contribution in [1.29, 1.82) is 0 Å². The maximum Gasteiger partial charge on any atom is 0.317 e. The van der Waals surface area contributed by atoms with E-state index in [-0.39, 0.29) is 12.6 Å². The Morgan fingerprint density at radius 2 is 1.94 bits per heavy atom. The largest absolute Gasteiger partial charge is 0.480 e. The van der Waals surface area contributed by atoms with Gasteiger partial charge in [0.05, 0.1) is 6.54 Å². The van der Waals surface area contributed by atoms with Gasteiger partial charge in [-0.15, -0.1) is 0 Å². The minimum absolute atomic E-state index is 0.109. The van der Waals surface area contributed by atoms with Gasteiger partial charge in [-0.1, -0.05) is 23.7 Å². The molecule has 0 fully saturated rings. The standard InChI is InChI=1S/C14H20ClNO2/c1-11(2)16(10-14(17)18)9-3-4-12-5-7-13(15)8-6-12/h5-8,11H,3-4,9-10H2,1-2H3,(H,17,18). The third kappa shape index (κ3) is 5.52. The molecule has 0 aliphatic rings. The summed E-state index contributed by atoms with van der Waals surface area (Å²) in [4.78, 5) is 12.7. The number of carboxylic acids is 1. The van der Waals surface area contributed by atoms with Gasteiger partial charge in [-0.2, -0.15) is 0 Å². The fourth-order valence-electron chi connectivity index (χ4n) is 1.83. The summed E-state index contributed by atoms with van der Waals surface area (Å²) in [5.41, 5.74) is 1.23. The first kappa shape index (κ1) is 15.0. The van der Waals surface area contributed by atoms with E-state index in [1.165, 1.54) is 5.56 Å². The molecule has 1 rings (SSSR count). The maximum absolute atomic E-state index is 10.7. The van der Waals surface area contributed by atoms with Gasteiger partial charge >= 0.3 is 5.97 Å². The second kappa shape index (κ2) is 7.39. The Balaban J connectivity index is 2.38. The summed E-state index contributed by atoms with van der Waals surface area (Å²) >= 11 is 5.82. The third-order valence-electron chi connectivity index (χ3n) is 2.89. The Bertz CT molecular complexity index is 376. The van der Waals surface area contributed by atoms with E-state index in [1.54, 1.807) is 0 Å². The first-order chi connectivity index (χ1) is 8.49. The number of nitrogens with zero attached hydrogens (tertiary/aromatic N) is 1. The zero-order valence-corrected chi connectivity index (χ0v) is 11.7. The van der Waals surface area contributed by atoms with Crippen LogP contribution in [0.2, 0.25) is 5.02 Å². The number of aryl methyl sites for hydroxylation is 1. The van der Waals surface area contributed by atoms with E-state index in [0.717, 1.165) is 24.4 Å². The summed E-state index contributed by atoms with van der Waals surface area (Å²) in [7, 11) is 0. The molecule has 3 nitrogen and oxygen atoms in total. The van der Waals surface area contributed by atoms with Crippen molar-refractivity contribution in [2.45, 2.75) is 32.7 Å². The fourth-order valence-corrected chi connectivity index (χ4v) is 1.96. The van der Waals surface area contributed by atoms with Gasteiger partial charge in [-0.3, -0.25) is 9.69 Å². The van der Waals surface area contributed by atoms with Gasteiger partial charge in [-0.25, -0.2) is 0 Å². The predicted molar refractivity (Wildman–Crippen MR) is 74.1 cm³/mol. The molecule has 0 aromatic heterocycles. The molecule has 4 heteroatoms. The zero-order chi connectivity index (χ0) is 13.5. The number of rotatable bonds is 7. The Hall–Kier alpha value is -1.06. The second-order valence-corrected chi connectivity index (χ2v) is 5.12. The molecule has 0 atom stereocenters. The summed E-state index contributed by atoms with van der Waals surface area (Å²) in [6.07, 6.45) is 1.90. The average Bonchev–Trinajstić information content (AvgIpc) is 2.29. The number of carbonyl (C=O) groups is 1. The van der Waals surface area contributed by atoms with E-state index in [4.69, 9.17) is 16.7 Å². The fraction of sp³-hybridized carbons (Fsp3) is 0.500. The quantitative estimate of drug-likeness (QED) is 0.827. The molecule has 0 unspecified atom stereocenters. The number of hydrogen-bond donors (Lipinski definition) is 1. The van der Waals surface area contributed by atoms with Gasteiger partial charge in [0.25, 0.3) is 0 Å². The predicted octanol–water partition coefficient (Wildman–Crippen LogP) is 3.07. The summed E-state index contributed by atoms with van der Waals surface area (Å²) in [6.45, 7) is 4.95. The molecule has 0 saturated carbocycles. The van der Waals surface area contributed by atoms with Crippen molar-refractivity contribution < 1.29 is 9.90 Å². The lowest BCUT2D eigenvalue weighted by atomic mass is 10.1. The minimum Gasteiger partial charge on any atom is -0.480 e. The molecule has 1 N–H and O–H groups in total. The third-order valence-corrected chi connectivity index (χ3v) is 3.14. The molecule has 1 aromatic carbocycles. The van der Waals surface area contributed by atoms with Crippen LogP contribution in [0, 0.1) is 0 Å². The molecular formula is C14H20ClNO2. The van der Waals surface area contributed by atoms with E-state index < -0.39 is 5.97 Å². The van der Waals surface area contributed by atoms with Crippen LogP contribution < -0.4 is 0 Å². The molecule has 100 valence electrons. The number of hydrogen-bond acceptors (Lipinski definition) is 2. The van der Waals surface area contributed by atoms with Crippen molar-refractivity contribution in [3.05, 3.63) is 34.9 Å². The summed E-state index contributed by atoms with van der Waals surface area (Å²) in [5.74, 6) is -0.768. The molecule has 0 aliphatic carbocycles. The van der Waals surface area contributed by atoms with Gasteiger partial charge in [0.2, 0.25) is 0 Å². The highest BCUT2D eigenvalue weighted by Crippen LogP contribution is 2.11. The van der Waals surface area contributed by atoms with Crippen molar-refractivity contribution in [1.82, 2.24) is 4.90 Å². The molecule has 0 saturated heterocycles. The second-order valence-electron chi connectivity index (χ2n) is 4.69.